The molecule has 2 aromatic rings. The van der Waals surface area contributed by atoms with Gasteiger partial charge in [0.2, 0.25) is 0 Å². The molecular formula is C15H14N2O3. The van der Waals surface area contributed by atoms with Gasteiger partial charge >= 0.3 is 5.97 Å². The molecule has 20 heavy (non-hydrogen) atoms. The summed E-state index contributed by atoms with van der Waals surface area (Å²) in [7, 11) is 0. The summed E-state index contributed by atoms with van der Waals surface area (Å²) in [6.07, 6.45) is 2.14. The summed E-state index contributed by atoms with van der Waals surface area (Å²) in [6, 6.07) is 12.1. The summed E-state index contributed by atoms with van der Waals surface area (Å²) < 4.78 is 0. The lowest BCUT2D eigenvalue weighted by molar-refractivity contribution is -0.136. The largest absolute Gasteiger partial charge is 0.481 e. The number of hydrogen-bond acceptors (Lipinski definition) is 3. The first-order valence-corrected chi connectivity index (χ1v) is 6.18. The van der Waals surface area contributed by atoms with Crippen molar-refractivity contribution in [2.24, 2.45) is 0 Å². The van der Waals surface area contributed by atoms with Crippen LogP contribution in [0.1, 0.15) is 22.3 Å². The summed E-state index contributed by atoms with van der Waals surface area (Å²) in [5.74, 6) is -0.581. The van der Waals surface area contributed by atoms with Crippen LogP contribution in [0.5, 0.6) is 0 Å². The Balaban J connectivity index is 1.99. The van der Waals surface area contributed by atoms with E-state index in [2.05, 4.69) is 10.3 Å². The Hall–Kier alpha value is -2.69. The first-order valence-electron chi connectivity index (χ1n) is 6.18. The van der Waals surface area contributed by atoms with Gasteiger partial charge < -0.3 is 10.4 Å². The first kappa shape index (κ1) is 13.7. The Kier molecular flexibility index (Phi) is 4.44. The van der Waals surface area contributed by atoms with Crippen LogP contribution >= 0.6 is 0 Å². The second-order valence-electron chi connectivity index (χ2n) is 4.26. The van der Waals surface area contributed by atoms with Gasteiger partial charge in [-0.25, -0.2) is 4.98 Å². The van der Waals surface area contributed by atoms with Gasteiger partial charge in [0.1, 0.15) is 5.82 Å². The molecule has 0 saturated heterocycles. The Morgan fingerprint density at radius 1 is 1.10 bits per heavy atom. The SMILES string of the molecule is O=C(O)CCc1ccc(C(=O)Nc2ccccn2)cc1. The molecule has 0 atom stereocenters. The average molecular weight is 270 g/mol. The third-order valence-electron chi connectivity index (χ3n) is 2.75. The van der Waals surface area contributed by atoms with Crippen LogP contribution in [0.3, 0.4) is 0 Å². The lowest BCUT2D eigenvalue weighted by Gasteiger charge is -2.05. The molecule has 1 heterocycles. The molecule has 0 spiro atoms. The Bertz CT molecular complexity index is 594. The third-order valence-corrected chi connectivity index (χ3v) is 2.75. The summed E-state index contributed by atoms with van der Waals surface area (Å²) in [6.45, 7) is 0. The Morgan fingerprint density at radius 2 is 1.85 bits per heavy atom. The van der Waals surface area contributed by atoms with E-state index >= 15 is 0 Å². The van der Waals surface area contributed by atoms with Crippen LogP contribution in [-0.4, -0.2) is 22.0 Å². The summed E-state index contributed by atoms with van der Waals surface area (Å²) >= 11 is 0. The van der Waals surface area contributed by atoms with Crippen LogP contribution < -0.4 is 5.32 Å². The van der Waals surface area contributed by atoms with Crippen molar-refractivity contribution in [1.29, 1.82) is 0 Å². The number of carbonyl (C=O) groups excluding carboxylic acids is 1. The monoisotopic (exact) mass is 270 g/mol. The zero-order chi connectivity index (χ0) is 14.4. The molecule has 0 radical (unpaired) electrons. The van der Waals surface area contributed by atoms with Crippen LogP contribution in [0.2, 0.25) is 0 Å². The van der Waals surface area contributed by atoms with E-state index in [4.69, 9.17) is 5.11 Å². The van der Waals surface area contributed by atoms with Gasteiger partial charge in [0.25, 0.3) is 5.91 Å². The maximum absolute atomic E-state index is 11.9. The second kappa shape index (κ2) is 6.47. The number of benzene rings is 1. The van der Waals surface area contributed by atoms with Gasteiger partial charge in [-0.15, -0.1) is 0 Å². The van der Waals surface area contributed by atoms with Crippen LogP contribution in [0.15, 0.2) is 48.7 Å². The molecule has 5 nitrogen and oxygen atoms in total. The molecule has 2 rings (SSSR count). The van der Waals surface area contributed by atoms with Crippen molar-refractivity contribution in [2.75, 3.05) is 5.32 Å². The van der Waals surface area contributed by atoms with Gasteiger partial charge in [-0.3, -0.25) is 9.59 Å². The molecule has 0 aliphatic heterocycles. The van der Waals surface area contributed by atoms with Crippen LogP contribution in [0, 0.1) is 0 Å². The molecule has 2 N–H and O–H groups in total. The zero-order valence-electron chi connectivity index (χ0n) is 10.7. The van der Waals surface area contributed by atoms with Crippen molar-refractivity contribution in [3.8, 4) is 0 Å². The highest BCUT2D eigenvalue weighted by molar-refractivity contribution is 6.03. The number of aromatic nitrogens is 1. The zero-order valence-corrected chi connectivity index (χ0v) is 10.7. The minimum atomic E-state index is -0.832. The Labute approximate surface area is 116 Å². The van der Waals surface area contributed by atoms with Gasteiger partial charge in [0, 0.05) is 18.2 Å². The number of carbonyl (C=O) groups is 2. The highest BCUT2D eigenvalue weighted by atomic mass is 16.4. The Morgan fingerprint density at radius 3 is 2.45 bits per heavy atom. The quantitative estimate of drug-likeness (QED) is 0.874. The van der Waals surface area contributed by atoms with E-state index < -0.39 is 5.97 Å². The van der Waals surface area contributed by atoms with Crippen molar-refractivity contribution in [3.63, 3.8) is 0 Å². The van der Waals surface area contributed by atoms with Crippen LogP contribution in [0.25, 0.3) is 0 Å². The number of carboxylic acids is 1. The number of anilines is 1. The molecule has 5 heteroatoms. The van der Waals surface area contributed by atoms with Gasteiger partial charge in [-0.1, -0.05) is 18.2 Å². The lowest BCUT2D eigenvalue weighted by Crippen LogP contribution is -2.12. The number of aliphatic carboxylic acids is 1. The topological polar surface area (TPSA) is 79.3 Å². The smallest absolute Gasteiger partial charge is 0.303 e. The molecule has 1 aromatic carbocycles. The predicted molar refractivity (Wildman–Crippen MR) is 74.6 cm³/mol. The number of nitrogens with one attached hydrogen (secondary N) is 1. The third kappa shape index (κ3) is 3.91. The van der Waals surface area contributed by atoms with Crippen molar-refractivity contribution in [1.82, 2.24) is 4.98 Å². The molecule has 1 aromatic heterocycles. The number of hydrogen-bond donors (Lipinski definition) is 2. The van der Waals surface area contributed by atoms with E-state index in [0.717, 1.165) is 5.56 Å². The number of aryl methyl sites for hydroxylation is 1. The molecular weight excluding hydrogens is 256 g/mol. The van der Waals surface area contributed by atoms with Crippen molar-refractivity contribution >= 4 is 17.7 Å². The standard InChI is InChI=1S/C15H14N2O3/c18-14(19)9-6-11-4-7-12(8-5-11)15(20)17-13-3-1-2-10-16-13/h1-5,7-8,10H,6,9H2,(H,18,19)(H,16,17,20). The minimum Gasteiger partial charge on any atom is -0.481 e. The summed E-state index contributed by atoms with van der Waals surface area (Å²) in [4.78, 5) is 26.4. The fourth-order valence-corrected chi connectivity index (χ4v) is 1.70. The van der Waals surface area contributed by atoms with E-state index in [1.54, 1.807) is 48.7 Å². The van der Waals surface area contributed by atoms with Crippen molar-refractivity contribution in [3.05, 3.63) is 59.8 Å². The minimum absolute atomic E-state index is 0.0828. The van der Waals surface area contributed by atoms with E-state index in [0.29, 0.717) is 17.8 Å². The lowest BCUT2D eigenvalue weighted by atomic mass is 10.1. The molecule has 0 aliphatic rings. The highest BCUT2D eigenvalue weighted by Gasteiger charge is 2.06. The number of pyridine rings is 1. The fraction of sp³-hybridized carbons (Fsp3) is 0.133. The number of nitrogens with zero attached hydrogens (tertiary/aromatic N) is 1. The van der Waals surface area contributed by atoms with Gasteiger partial charge in [0.05, 0.1) is 0 Å². The average Bonchev–Trinajstić information content (AvgIpc) is 2.46. The number of amides is 1. The van der Waals surface area contributed by atoms with E-state index in [9.17, 15) is 9.59 Å². The molecule has 102 valence electrons. The van der Waals surface area contributed by atoms with Crippen molar-refractivity contribution < 1.29 is 14.7 Å². The van der Waals surface area contributed by atoms with Gasteiger partial charge in [0.15, 0.2) is 0 Å². The van der Waals surface area contributed by atoms with E-state index in [1.165, 1.54) is 0 Å². The normalized spacial score (nSPS) is 10.0. The second-order valence-corrected chi connectivity index (χ2v) is 4.26. The van der Waals surface area contributed by atoms with E-state index in [1.807, 2.05) is 0 Å². The van der Waals surface area contributed by atoms with Gasteiger partial charge in [-0.05, 0) is 36.2 Å². The molecule has 0 bridgehead atoms. The van der Waals surface area contributed by atoms with Crippen molar-refractivity contribution in [2.45, 2.75) is 12.8 Å². The fourth-order valence-electron chi connectivity index (χ4n) is 1.70. The molecule has 0 unspecified atom stereocenters. The molecule has 0 fully saturated rings. The first-order chi connectivity index (χ1) is 9.65. The molecule has 1 amide bonds. The van der Waals surface area contributed by atoms with Crippen LogP contribution in [-0.2, 0) is 11.2 Å². The summed E-state index contributed by atoms with van der Waals surface area (Å²) in [5, 5.41) is 11.3. The predicted octanol–water partition coefficient (Wildman–Crippen LogP) is 2.35. The van der Waals surface area contributed by atoms with Gasteiger partial charge in [-0.2, -0.15) is 0 Å². The van der Waals surface area contributed by atoms with Crippen LogP contribution in [0.4, 0.5) is 5.82 Å². The highest BCUT2D eigenvalue weighted by Crippen LogP contribution is 2.09. The maximum Gasteiger partial charge on any atom is 0.303 e. The number of carboxylic acid groups (broad SMARTS) is 1. The molecule has 0 aliphatic carbocycles. The van der Waals surface area contributed by atoms with E-state index in [-0.39, 0.29) is 12.3 Å². The summed E-state index contributed by atoms with van der Waals surface area (Å²) in [5.41, 5.74) is 1.40. The maximum atomic E-state index is 11.9. The molecule has 0 saturated carbocycles. The number of rotatable bonds is 5.